The Morgan fingerprint density at radius 3 is 2.20 bits per heavy atom. The fourth-order valence-corrected chi connectivity index (χ4v) is 2.64. The molecule has 0 radical (unpaired) electrons. The number of rotatable bonds is 5. The molecule has 1 aromatic rings. The molecule has 1 aliphatic heterocycles. The molecule has 0 aliphatic carbocycles. The maximum absolute atomic E-state index is 9.65. The largest absolute Gasteiger partial charge is 0.393 e. The van der Waals surface area contributed by atoms with Gasteiger partial charge in [-0.1, -0.05) is 30.3 Å². The van der Waals surface area contributed by atoms with Gasteiger partial charge in [0.05, 0.1) is 19.8 Å². The van der Waals surface area contributed by atoms with E-state index in [1.54, 1.807) is 0 Å². The zero-order valence-electron chi connectivity index (χ0n) is 12.7. The van der Waals surface area contributed by atoms with Crippen LogP contribution in [0.15, 0.2) is 30.3 Å². The minimum atomic E-state index is -0.771. The maximum atomic E-state index is 9.65. The van der Waals surface area contributed by atoms with E-state index in [0.717, 1.165) is 5.56 Å². The predicted molar refractivity (Wildman–Crippen MR) is 76.2 cm³/mol. The van der Waals surface area contributed by atoms with E-state index in [1.807, 2.05) is 58.0 Å². The van der Waals surface area contributed by atoms with Gasteiger partial charge in [0.25, 0.3) is 0 Å². The minimum absolute atomic E-state index is 0.109. The quantitative estimate of drug-likeness (QED) is 0.900. The van der Waals surface area contributed by atoms with Crippen LogP contribution in [-0.2, 0) is 20.8 Å². The Kier molecular flexibility index (Phi) is 4.21. The van der Waals surface area contributed by atoms with Crippen LogP contribution in [0.2, 0.25) is 0 Å². The van der Waals surface area contributed by atoms with E-state index < -0.39 is 17.0 Å². The van der Waals surface area contributed by atoms with E-state index in [1.165, 1.54) is 0 Å². The van der Waals surface area contributed by atoms with Gasteiger partial charge in [0.1, 0.15) is 11.2 Å². The first-order valence-corrected chi connectivity index (χ1v) is 6.93. The van der Waals surface area contributed by atoms with Crippen molar-refractivity contribution < 1.29 is 19.3 Å². The number of ether oxygens (including phenoxy) is 3. The Labute approximate surface area is 120 Å². The van der Waals surface area contributed by atoms with Crippen LogP contribution in [0.5, 0.6) is 0 Å². The molecular weight excluding hydrogens is 256 g/mol. The normalized spacial score (nSPS) is 32.5. The van der Waals surface area contributed by atoms with E-state index in [4.69, 9.17) is 14.2 Å². The first-order valence-electron chi connectivity index (χ1n) is 6.93. The number of hydrogen-bond donors (Lipinski definition) is 1. The molecule has 0 saturated carbocycles. The highest BCUT2D eigenvalue weighted by molar-refractivity contribution is 5.13. The third-order valence-corrected chi connectivity index (χ3v) is 3.85. The highest BCUT2D eigenvalue weighted by Crippen LogP contribution is 2.44. The third kappa shape index (κ3) is 3.04. The molecule has 4 nitrogen and oxygen atoms in total. The Balaban J connectivity index is 2.00. The second-order valence-corrected chi connectivity index (χ2v) is 6.20. The molecule has 2 rings (SSSR count). The lowest BCUT2D eigenvalue weighted by molar-refractivity contribution is -0.175. The molecule has 20 heavy (non-hydrogen) atoms. The van der Waals surface area contributed by atoms with Gasteiger partial charge in [-0.25, -0.2) is 0 Å². The van der Waals surface area contributed by atoms with Crippen LogP contribution in [0.25, 0.3) is 0 Å². The van der Waals surface area contributed by atoms with E-state index in [0.29, 0.717) is 13.2 Å². The number of hydrogen-bond acceptors (Lipinski definition) is 4. The molecule has 1 fully saturated rings. The Hall–Kier alpha value is -0.940. The summed E-state index contributed by atoms with van der Waals surface area (Å²) in [5, 5.41) is 9.65. The average molecular weight is 280 g/mol. The molecule has 112 valence electrons. The Morgan fingerprint density at radius 1 is 1.00 bits per heavy atom. The Bertz CT molecular complexity index is 445. The van der Waals surface area contributed by atoms with Crippen LogP contribution in [0.4, 0.5) is 0 Å². The van der Waals surface area contributed by atoms with Crippen molar-refractivity contribution >= 4 is 0 Å². The summed E-state index contributed by atoms with van der Waals surface area (Å²) in [6, 6.07) is 9.98. The zero-order chi connectivity index (χ0) is 14.9. The zero-order valence-corrected chi connectivity index (χ0v) is 12.7. The molecule has 1 aromatic carbocycles. The minimum Gasteiger partial charge on any atom is -0.393 e. The van der Waals surface area contributed by atoms with Crippen molar-refractivity contribution in [3.05, 3.63) is 35.9 Å². The molecule has 1 saturated heterocycles. The second kappa shape index (κ2) is 5.45. The van der Waals surface area contributed by atoms with Crippen molar-refractivity contribution in [2.45, 2.75) is 51.3 Å². The van der Waals surface area contributed by atoms with E-state index in [2.05, 4.69) is 0 Å². The summed E-state index contributed by atoms with van der Waals surface area (Å²) in [5.41, 5.74) is -0.340. The van der Waals surface area contributed by atoms with Crippen LogP contribution in [-0.4, -0.2) is 35.3 Å². The number of benzene rings is 1. The topological polar surface area (TPSA) is 47.9 Å². The van der Waals surface area contributed by atoms with Crippen LogP contribution >= 0.6 is 0 Å². The van der Waals surface area contributed by atoms with Gasteiger partial charge in [-0.3, -0.25) is 0 Å². The first-order chi connectivity index (χ1) is 9.30. The van der Waals surface area contributed by atoms with Gasteiger partial charge in [0.2, 0.25) is 0 Å². The molecule has 2 unspecified atom stereocenters. The molecule has 0 amide bonds. The number of aliphatic hydroxyl groups excluding tert-OH is 1. The van der Waals surface area contributed by atoms with Gasteiger partial charge < -0.3 is 19.3 Å². The average Bonchev–Trinajstić information content (AvgIpc) is 2.57. The standard InChI is InChI=1S/C16H24O4/c1-14(2)19-15(3,11-17)16(4,20-14)12-18-10-13-8-6-5-7-9-13/h5-9,17H,10-12H2,1-4H3. The fraction of sp³-hybridized carbons (Fsp3) is 0.625. The highest BCUT2D eigenvalue weighted by Gasteiger charge is 2.58. The van der Waals surface area contributed by atoms with Crippen LogP contribution in [0.1, 0.15) is 33.3 Å². The van der Waals surface area contributed by atoms with Gasteiger partial charge >= 0.3 is 0 Å². The lowest BCUT2D eigenvalue weighted by Gasteiger charge is -2.35. The molecule has 0 aromatic heterocycles. The van der Waals surface area contributed by atoms with E-state index in [9.17, 15) is 5.11 Å². The predicted octanol–water partition coefficient (Wildman–Crippen LogP) is 2.50. The molecule has 1 aliphatic rings. The summed E-state index contributed by atoms with van der Waals surface area (Å²) < 4.78 is 17.6. The van der Waals surface area contributed by atoms with Gasteiger partial charge in [-0.05, 0) is 33.3 Å². The van der Waals surface area contributed by atoms with Crippen molar-refractivity contribution in [2.24, 2.45) is 0 Å². The van der Waals surface area contributed by atoms with Gasteiger partial charge in [-0.15, -0.1) is 0 Å². The second-order valence-electron chi connectivity index (χ2n) is 6.20. The third-order valence-electron chi connectivity index (χ3n) is 3.85. The molecule has 2 atom stereocenters. The lowest BCUT2D eigenvalue weighted by Crippen LogP contribution is -2.53. The fourth-order valence-electron chi connectivity index (χ4n) is 2.64. The lowest BCUT2D eigenvalue weighted by atomic mass is 9.87. The van der Waals surface area contributed by atoms with Crippen LogP contribution in [0, 0.1) is 0 Å². The molecule has 0 spiro atoms. The summed E-state index contributed by atoms with van der Waals surface area (Å²) in [4.78, 5) is 0. The maximum Gasteiger partial charge on any atom is 0.164 e. The summed E-state index contributed by atoms with van der Waals surface area (Å²) >= 11 is 0. The molecule has 1 N–H and O–H groups in total. The summed E-state index contributed by atoms with van der Waals surface area (Å²) in [7, 11) is 0. The van der Waals surface area contributed by atoms with Crippen LogP contribution in [0.3, 0.4) is 0 Å². The van der Waals surface area contributed by atoms with Crippen LogP contribution < -0.4 is 0 Å². The molecule has 0 bridgehead atoms. The van der Waals surface area contributed by atoms with Gasteiger partial charge in [-0.2, -0.15) is 0 Å². The SMILES string of the molecule is CC1(C)OC(C)(CO)C(C)(COCc2ccccc2)O1. The first kappa shape index (κ1) is 15.4. The molecule has 1 heterocycles. The van der Waals surface area contributed by atoms with Crippen molar-refractivity contribution in [3.63, 3.8) is 0 Å². The van der Waals surface area contributed by atoms with Crippen molar-refractivity contribution in [3.8, 4) is 0 Å². The van der Waals surface area contributed by atoms with E-state index in [-0.39, 0.29) is 6.61 Å². The van der Waals surface area contributed by atoms with E-state index >= 15 is 0 Å². The van der Waals surface area contributed by atoms with Crippen molar-refractivity contribution in [2.75, 3.05) is 13.2 Å². The highest BCUT2D eigenvalue weighted by atomic mass is 16.8. The summed E-state index contributed by atoms with van der Waals surface area (Å²) in [6.07, 6.45) is 0. The Morgan fingerprint density at radius 2 is 1.60 bits per heavy atom. The summed E-state index contributed by atoms with van der Waals surface area (Å²) in [6.45, 7) is 8.25. The molecular formula is C16H24O4. The van der Waals surface area contributed by atoms with Crippen molar-refractivity contribution in [1.29, 1.82) is 0 Å². The number of aliphatic hydroxyl groups is 1. The molecule has 4 heteroatoms. The summed E-state index contributed by atoms with van der Waals surface area (Å²) in [5.74, 6) is -0.720. The monoisotopic (exact) mass is 280 g/mol. The smallest absolute Gasteiger partial charge is 0.164 e. The van der Waals surface area contributed by atoms with Gasteiger partial charge in [0, 0.05) is 0 Å². The van der Waals surface area contributed by atoms with Gasteiger partial charge in [0.15, 0.2) is 5.79 Å². The van der Waals surface area contributed by atoms with Crippen molar-refractivity contribution in [1.82, 2.24) is 0 Å².